The lowest BCUT2D eigenvalue weighted by molar-refractivity contribution is 0.103. The first kappa shape index (κ1) is 17.9. The topological polar surface area (TPSA) is 38.1 Å². The lowest BCUT2D eigenvalue weighted by atomic mass is 10.0. The zero-order chi connectivity index (χ0) is 18.0. The van der Waals surface area contributed by atoms with E-state index < -0.39 is 0 Å². The molecule has 0 amide bonds. The third-order valence-corrected chi connectivity index (χ3v) is 5.48. The van der Waals surface area contributed by atoms with Crippen molar-refractivity contribution in [3.05, 3.63) is 69.6 Å². The smallest absolute Gasteiger partial charge is 0.197 e. The fourth-order valence-electron chi connectivity index (χ4n) is 2.66. The van der Waals surface area contributed by atoms with Gasteiger partial charge in [-0.25, -0.2) is 4.98 Å². The maximum Gasteiger partial charge on any atom is 0.197 e. The Morgan fingerprint density at radius 1 is 1.28 bits per heavy atom. The molecular formula is C19H20ClN3OS. The van der Waals surface area contributed by atoms with Crippen LogP contribution < -0.4 is 0 Å². The van der Waals surface area contributed by atoms with Gasteiger partial charge in [0.15, 0.2) is 5.78 Å². The second-order valence-corrected chi connectivity index (χ2v) is 7.57. The molecule has 0 bridgehead atoms. The average molecular weight is 374 g/mol. The van der Waals surface area contributed by atoms with Gasteiger partial charge in [-0.3, -0.25) is 9.36 Å². The van der Waals surface area contributed by atoms with Crippen molar-refractivity contribution in [3.8, 4) is 5.00 Å². The summed E-state index contributed by atoms with van der Waals surface area (Å²) in [5.74, 6) is 0.851. The monoisotopic (exact) mass is 373 g/mol. The van der Waals surface area contributed by atoms with Gasteiger partial charge in [0, 0.05) is 22.8 Å². The van der Waals surface area contributed by atoms with Crippen molar-refractivity contribution in [3.63, 3.8) is 0 Å². The molecule has 0 unspecified atom stereocenters. The molecule has 6 heteroatoms. The molecule has 0 radical (unpaired) electrons. The molecule has 0 aliphatic carbocycles. The van der Waals surface area contributed by atoms with E-state index in [1.807, 2.05) is 43.1 Å². The Balaban J connectivity index is 2.10. The zero-order valence-corrected chi connectivity index (χ0v) is 16.1. The van der Waals surface area contributed by atoms with Gasteiger partial charge in [-0.1, -0.05) is 30.7 Å². The van der Waals surface area contributed by atoms with Gasteiger partial charge < -0.3 is 4.90 Å². The maximum absolute atomic E-state index is 13.1. The summed E-state index contributed by atoms with van der Waals surface area (Å²) in [6, 6.07) is 9.16. The number of benzene rings is 1. The summed E-state index contributed by atoms with van der Waals surface area (Å²) in [5, 5.41) is 1.37. The van der Waals surface area contributed by atoms with Crippen molar-refractivity contribution < 1.29 is 4.79 Å². The number of ketones is 1. The number of halogens is 1. The molecule has 3 aromatic rings. The Morgan fingerprint density at radius 2 is 2.04 bits per heavy atom. The van der Waals surface area contributed by atoms with E-state index in [-0.39, 0.29) is 5.78 Å². The van der Waals surface area contributed by atoms with Crippen LogP contribution in [0, 0.1) is 0 Å². The van der Waals surface area contributed by atoms with Crippen molar-refractivity contribution in [2.45, 2.75) is 19.9 Å². The highest BCUT2D eigenvalue weighted by Crippen LogP contribution is 2.31. The lowest BCUT2D eigenvalue weighted by Crippen LogP contribution is -2.15. The maximum atomic E-state index is 13.1. The molecule has 2 aromatic heterocycles. The third kappa shape index (κ3) is 3.68. The summed E-state index contributed by atoms with van der Waals surface area (Å²) < 4.78 is 2.01. The van der Waals surface area contributed by atoms with Gasteiger partial charge in [0.05, 0.1) is 17.1 Å². The number of hydrogen-bond donors (Lipinski definition) is 0. The van der Waals surface area contributed by atoms with Crippen LogP contribution in [0.25, 0.3) is 5.00 Å². The highest BCUT2D eigenvalue weighted by atomic mass is 35.5. The van der Waals surface area contributed by atoms with Crippen molar-refractivity contribution in [2.24, 2.45) is 0 Å². The SMILES string of the molecule is CCc1cc(C(=O)c2ccccc2Cl)c(-n2ccnc2CN(C)C)s1. The van der Waals surface area contributed by atoms with E-state index >= 15 is 0 Å². The first-order valence-electron chi connectivity index (χ1n) is 8.10. The standard InChI is InChI=1S/C19H20ClN3OS/c1-4-13-11-15(18(24)14-7-5-6-8-16(14)20)19(25-13)23-10-9-21-17(23)12-22(2)3/h5-11H,4,12H2,1-3H3. The Morgan fingerprint density at radius 3 is 2.72 bits per heavy atom. The predicted molar refractivity (Wildman–Crippen MR) is 103 cm³/mol. The number of imidazole rings is 1. The molecule has 0 fully saturated rings. The summed E-state index contributed by atoms with van der Waals surface area (Å²) in [6.07, 6.45) is 4.56. The van der Waals surface area contributed by atoms with Crippen molar-refractivity contribution >= 4 is 28.7 Å². The molecule has 0 spiro atoms. The Hall–Kier alpha value is -1.95. The summed E-state index contributed by atoms with van der Waals surface area (Å²) in [4.78, 5) is 20.8. The summed E-state index contributed by atoms with van der Waals surface area (Å²) in [5.41, 5.74) is 1.20. The number of nitrogens with zero attached hydrogens (tertiary/aromatic N) is 3. The number of rotatable bonds is 6. The number of carbonyl (C=O) groups excluding carboxylic acids is 1. The number of carbonyl (C=O) groups is 1. The molecular weight excluding hydrogens is 354 g/mol. The highest BCUT2D eigenvalue weighted by Gasteiger charge is 2.21. The number of aromatic nitrogens is 2. The predicted octanol–water partition coefficient (Wildman–Crippen LogP) is 4.44. The van der Waals surface area contributed by atoms with Crippen LogP contribution in [0.15, 0.2) is 42.7 Å². The molecule has 0 aliphatic rings. The Kier molecular flexibility index (Phi) is 5.37. The first-order chi connectivity index (χ1) is 12.0. The normalized spacial score (nSPS) is 11.2. The number of thiophene rings is 1. The van der Waals surface area contributed by atoms with E-state index in [9.17, 15) is 4.79 Å². The van der Waals surface area contributed by atoms with Crippen LogP contribution in [0.2, 0.25) is 5.02 Å². The molecule has 2 heterocycles. The minimum absolute atomic E-state index is 0.0546. The summed E-state index contributed by atoms with van der Waals surface area (Å²) >= 11 is 7.87. The third-order valence-electron chi connectivity index (χ3n) is 3.87. The van der Waals surface area contributed by atoms with Gasteiger partial charge >= 0.3 is 0 Å². The van der Waals surface area contributed by atoms with Crippen molar-refractivity contribution in [1.82, 2.24) is 14.5 Å². The minimum atomic E-state index is -0.0546. The van der Waals surface area contributed by atoms with E-state index in [1.165, 1.54) is 0 Å². The van der Waals surface area contributed by atoms with E-state index in [1.54, 1.807) is 29.7 Å². The molecule has 4 nitrogen and oxygen atoms in total. The van der Waals surface area contributed by atoms with Gasteiger partial charge in [0.25, 0.3) is 0 Å². The quantitative estimate of drug-likeness (QED) is 0.599. The van der Waals surface area contributed by atoms with Gasteiger partial charge in [0.1, 0.15) is 10.8 Å². The second-order valence-electron chi connectivity index (χ2n) is 6.05. The van der Waals surface area contributed by atoms with E-state index in [2.05, 4.69) is 16.8 Å². The Labute approximate surface area is 156 Å². The highest BCUT2D eigenvalue weighted by molar-refractivity contribution is 7.15. The van der Waals surface area contributed by atoms with Crippen LogP contribution in [-0.4, -0.2) is 34.3 Å². The molecule has 25 heavy (non-hydrogen) atoms. The molecule has 3 rings (SSSR count). The molecule has 0 atom stereocenters. The minimum Gasteiger partial charge on any atom is -0.302 e. The molecule has 0 aliphatic heterocycles. The summed E-state index contributed by atoms with van der Waals surface area (Å²) in [6.45, 7) is 2.79. The number of hydrogen-bond acceptors (Lipinski definition) is 4. The van der Waals surface area contributed by atoms with Gasteiger partial charge in [-0.15, -0.1) is 11.3 Å². The first-order valence-corrected chi connectivity index (χ1v) is 9.30. The van der Waals surface area contributed by atoms with Gasteiger partial charge in [-0.05, 0) is 38.7 Å². The van der Waals surface area contributed by atoms with E-state index in [0.29, 0.717) is 22.7 Å². The van der Waals surface area contributed by atoms with E-state index in [4.69, 9.17) is 11.6 Å². The van der Waals surface area contributed by atoms with Crippen LogP contribution in [0.1, 0.15) is 33.5 Å². The van der Waals surface area contributed by atoms with Crippen molar-refractivity contribution in [2.75, 3.05) is 14.1 Å². The molecule has 130 valence electrons. The van der Waals surface area contributed by atoms with Crippen LogP contribution in [-0.2, 0) is 13.0 Å². The fraction of sp³-hybridized carbons (Fsp3) is 0.263. The second kappa shape index (κ2) is 7.52. The zero-order valence-electron chi connectivity index (χ0n) is 14.5. The van der Waals surface area contributed by atoms with Crippen LogP contribution in [0.3, 0.4) is 0 Å². The van der Waals surface area contributed by atoms with Crippen LogP contribution in [0.4, 0.5) is 0 Å². The van der Waals surface area contributed by atoms with Gasteiger partial charge in [-0.2, -0.15) is 0 Å². The summed E-state index contributed by atoms with van der Waals surface area (Å²) in [7, 11) is 4.00. The molecule has 0 saturated heterocycles. The van der Waals surface area contributed by atoms with Crippen LogP contribution >= 0.6 is 22.9 Å². The molecule has 0 saturated carbocycles. The lowest BCUT2D eigenvalue weighted by Gasteiger charge is -2.12. The molecule has 0 N–H and O–H groups in total. The van der Waals surface area contributed by atoms with Crippen LogP contribution in [0.5, 0.6) is 0 Å². The Bertz CT molecular complexity index is 898. The van der Waals surface area contributed by atoms with Gasteiger partial charge in [0.2, 0.25) is 0 Å². The average Bonchev–Trinajstić information content (AvgIpc) is 3.20. The van der Waals surface area contributed by atoms with Crippen molar-refractivity contribution in [1.29, 1.82) is 0 Å². The van der Waals surface area contributed by atoms with E-state index in [0.717, 1.165) is 22.1 Å². The molecule has 1 aromatic carbocycles. The largest absolute Gasteiger partial charge is 0.302 e. The fourth-order valence-corrected chi connectivity index (χ4v) is 3.97. The number of aryl methyl sites for hydroxylation is 1.